The maximum atomic E-state index is 13.2. The van der Waals surface area contributed by atoms with E-state index in [0.29, 0.717) is 11.4 Å². The first-order valence-electron chi connectivity index (χ1n) is 12.5. The number of piperidine rings is 1. The van der Waals surface area contributed by atoms with Crippen molar-refractivity contribution in [1.29, 1.82) is 0 Å². The van der Waals surface area contributed by atoms with E-state index in [2.05, 4.69) is 39.0 Å². The predicted molar refractivity (Wildman–Crippen MR) is 133 cm³/mol. The molecule has 2 aliphatic rings. The fraction of sp³-hybridized carbons (Fsp3) is 0.500. The van der Waals surface area contributed by atoms with Gasteiger partial charge in [-0.05, 0) is 73.9 Å². The van der Waals surface area contributed by atoms with Crippen molar-refractivity contribution in [1.82, 2.24) is 29.0 Å². The number of imidazole rings is 1. The van der Waals surface area contributed by atoms with Crippen LogP contribution >= 0.6 is 0 Å². The molecule has 8 nitrogen and oxygen atoms in total. The maximum absolute atomic E-state index is 13.2. The van der Waals surface area contributed by atoms with Crippen LogP contribution in [-0.4, -0.2) is 55.8 Å². The second-order valence-corrected chi connectivity index (χ2v) is 9.86. The van der Waals surface area contributed by atoms with Crippen molar-refractivity contribution in [2.45, 2.75) is 51.5 Å². The summed E-state index contributed by atoms with van der Waals surface area (Å²) < 4.78 is 9.33. The molecule has 8 heteroatoms. The number of likely N-dealkylation sites (tertiary alicyclic amines) is 1. The first-order valence-corrected chi connectivity index (χ1v) is 12.5. The van der Waals surface area contributed by atoms with Crippen LogP contribution < -0.4 is 10.4 Å². The van der Waals surface area contributed by atoms with E-state index in [1.807, 2.05) is 16.8 Å². The molecule has 1 aromatic carbocycles. The van der Waals surface area contributed by atoms with E-state index in [1.54, 1.807) is 11.6 Å². The zero-order valence-electron chi connectivity index (χ0n) is 20.0. The molecule has 0 radical (unpaired) electrons. The molecule has 1 unspecified atom stereocenters. The molecule has 1 saturated heterocycles. The molecule has 1 aliphatic heterocycles. The third-order valence-electron chi connectivity index (χ3n) is 7.78. The summed E-state index contributed by atoms with van der Waals surface area (Å²) in [6, 6.07) is 6.53. The zero-order chi connectivity index (χ0) is 23.2. The Labute approximate surface area is 198 Å². The van der Waals surface area contributed by atoms with Crippen molar-refractivity contribution in [3.8, 4) is 16.9 Å². The Morgan fingerprint density at radius 2 is 2.06 bits per heavy atom. The minimum absolute atomic E-state index is 0.00555. The van der Waals surface area contributed by atoms with E-state index in [-0.39, 0.29) is 11.7 Å². The number of rotatable bonds is 6. The van der Waals surface area contributed by atoms with E-state index < -0.39 is 0 Å². The standard InChI is InChI=1S/C26H32N6O2/c1-3-18-10-23-22(12-21(18)19-11-24(34-2)25-27-16-28-31(25)14-19)29-26(33)32(23)20-8-5-9-30(15-20)13-17-6-4-7-17/h10-12,14,16-17,20H,3-9,13,15H2,1-2H3,(H,29,33). The van der Waals surface area contributed by atoms with Gasteiger partial charge in [-0.25, -0.2) is 14.3 Å². The lowest BCUT2D eigenvalue weighted by Crippen LogP contribution is -2.42. The van der Waals surface area contributed by atoms with Crippen molar-refractivity contribution in [3.63, 3.8) is 0 Å². The number of aromatic amines is 1. The molecular formula is C26H32N6O2. The zero-order valence-corrected chi connectivity index (χ0v) is 20.0. The van der Waals surface area contributed by atoms with E-state index in [4.69, 9.17) is 4.74 Å². The van der Waals surface area contributed by atoms with E-state index in [0.717, 1.165) is 60.4 Å². The van der Waals surface area contributed by atoms with Crippen molar-refractivity contribution in [3.05, 3.63) is 46.8 Å². The SMILES string of the molecule is CCc1cc2c(cc1-c1cc(OC)c3ncnn3c1)[nH]c(=O)n2C1CCCN(CC2CCC2)C1. The summed E-state index contributed by atoms with van der Waals surface area (Å²) in [5.41, 5.74) is 5.84. The largest absolute Gasteiger partial charge is 0.493 e. The molecular weight excluding hydrogens is 428 g/mol. The molecule has 4 heterocycles. The monoisotopic (exact) mass is 460 g/mol. The van der Waals surface area contributed by atoms with Gasteiger partial charge in [0.1, 0.15) is 6.33 Å². The molecule has 4 aromatic rings. The lowest BCUT2D eigenvalue weighted by atomic mass is 9.84. The highest BCUT2D eigenvalue weighted by Crippen LogP contribution is 2.34. The summed E-state index contributed by atoms with van der Waals surface area (Å²) in [5.74, 6) is 1.53. The molecule has 0 spiro atoms. The molecule has 178 valence electrons. The Hall–Kier alpha value is -3.13. The summed E-state index contributed by atoms with van der Waals surface area (Å²) in [5, 5.41) is 4.31. The molecule has 1 saturated carbocycles. The highest BCUT2D eigenvalue weighted by atomic mass is 16.5. The number of fused-ring (bicyclic) bond motifs is 2. The van der Waals surface area contributed by atoms with Crippen molar-refractivity contribution in [2.24, 2.45) is 5.92 Å². The fourth-order valence-corrected chi connectivity index (χ4v) is 5.78. The molecule has 1 aliphatic carbocycles. The molecule has 6 rings (SSSR count). The van der Waals surface area contributed by atoms with Gasteiger partial charge < -0.3 is 14.6 Å². The topological polar surface area (TPSA) is 80.5 Å². The molecule has 0 bridgehead atoms. The van der Waals surface area contributed by atoms with Gasteiger partial charge in [0.05, 0.1) is 24.2 Å². The molecule has 1 N–H and O–H groups in total. The second-order valence-electron chi connectivity index (χ2n) is 9.86. The molecule has 34 heavy (non-hydrogen) atoms. The summed E-state index contributed by atoms with van der Waals surface area (Å²) in [6.45, 7) is 5.46. The maximum Gasteiger partial charge on any atom is 0.326 e. The lowest BCUT2D eigenvalue weighted by molar-refractivity contribution is 0.127. The molecule has 3 aromatic heterocycles. The van der Waals surface area contributed by atoms with Gasteiger partial charge >= 0.3 is 5.69 Å². The minimum atomic E-state index is -0.00555. The Bertz CT molecular complexity index is 1400. The second kappa shape index (κ2) is 8.58. The third kappa shape index (κ3) is 3.60. The summed E-state index contributed by atoms with van der Waals surface area (Å²) in [6.07, 6.45) is 10.7. The third-order valence-corrected chi connectivity index (χ3v) is 7.78. The van der Waals surface area contributed by atoms with Crippen LogP contribution in [0.3, 0.4) is 0 Å². The van der Waals surface area contributed by atoms with Gasteiger partial charge in [0.15, 0.2) is 11.4 Å². The first kappa shape index (κ1) is 21.4. The Balaban J connectivity index is 1.40. The van der Waals surface area contributed by atoms with Crippen LogP contribution in [0.2, 0.25) is 0 Å². The Kier molecular flexibility index (Phi) is 5.40. The van der Waals surface area contributed by atoms with Crippen molar-refractivity contribution < 1.29 is 4.74 Å². The first-order chi connectivity index (χ1) is 16.6. The number of nitrogens with zero attached hydrogens (tertiary/aromatic N) is 5. The highest BCUT2D eigenvalue weighted by molar-refractivity contribution is 5.85. The smallest absolute Gasteiger partial charge is 0.326 e. The fourth-order valence-electron chi connectivity index (χ4n) is 5.78. The Morgan fingerprint density at radius 1 is 1.18 bits per heavy atom. The number of aryl methyl sites for hydroxylation is 1. The summed E-state index contributed by atoms with van der Waals surface area (Å²) >= 11 is 0. The number of methoxy groups -OCH3 is 1. The van der Waals surface area contributed by atoms with Crippen LogP contribution in [-0.2, 0) is 6.42 Å². The van der Waals surface area contributed by atoms with Gasteiger partial charge in [-0.1, -0.05) is 13.3 Å². The summed E-state index contributed by atoms with van der Waals surface area (Å²) in [4.78, 5) is 23.2. The Morgan fingerprint density at radius 3 is 2.82 bits per heavy atom. The van der Waals surface area contributed by atoms with E-state index in [9.17, 15) is 4.79 Å². The van der Waals surface area contributed by atoms with Gasteiger partial charge in [-0.2, -0.15) is 5.10 Å². The van der Waals surface area contributed by atoms with Crippen LogP contribution in [0, 0.1) is 5.92 Å². The molecule has 1 atom stereocenters. The summed E-state index contributed by atoms with van der Waals surface area (Å²) in [7, 11) is 1.65. The molecule has 2 fully saturated rings. The average Bonchev–Trinajstić information content (AvgIpc) is 3.43. The van der Waals surface area contributed by atoms with Crippen LogP contribution in [0.4, 0.5) is 0 Å². The quantitative estimate of drug-likeness (QED) is 0.470. The van der Waals surface area contributed by atoms with Crippen molar-refractivity contribution in [2.75, 3.05) is 26.7 Å². The van der Waals surface area contributed by atoms with Crippen molar-refractivity contribution >= 4 is 16.7 Å². The van der Waals surface area contributed by atoms with Crippen LogP contribution in [0.1, 0.15) is 50.6 Å². The van der Waals surface area contributed by atoms with Gasteiger partial charge in [-0.15, -0.1) is 0 Å². The number of H-pyrrole nitrogens is 1. The van der Waals surface area contributed by atoms with Crippen LogP contribution in [0.5, 0.6) is 5.75 Å². The van der Waals surface area contributed by atoms with Gasteiger partial charge in [0.2, 0.25) is 0 Å². The van der Waals surface area contributed by atoms with Crippen LogP contribution in [0.15, 0.2) is 35.5 Å². The number of hydrogen-bond donors (Lipinski definition) is 1. The molecule has 0 amide bonds. The highest BCUT2D eigenvalue weighted by Gasteiger charge is 2.28. The number of aromatic nitrogens is 5. The number of hydrogen-bond acceptors (Lipinski definition) is 5. The normalized spacial score (nSPS) is 19.6. The number of benzene rings is 1. The van der Waals surface area contributed by atoms with E-state index >= 15 is 0 Å². The number of ether oxygens (including phenoxy) is 1. The van der Waals surface area contributed by atoms with Crippen LogP contribution in [0.25, 0.3) is 27.8 Å². The van der Waals surface area contributed by atoms with E-state index in [1.165, 1.54) is 37.7 Å². The average molecular weight is 461 g/mol. The predicted octanol–water partition coefficient (Wildman–Crippen LogP) is 4.05. The lowest BCUT2D eigenvalue weighted by Gasteiger charge is -2.37. The minimum Gasteiger partial charge on any atom is -0.493 e. The van der Waals surface area contributed by atoms with Gasteiger partial charge in [-0.3, -0.25) is 4.57 Å². The number of pyridine rings is 1. The number of nitrogens with one attached hydrogen (secondary N) is 1. The van der Waals surface area contributed by atoms with Gasteiger partial charge in [0.25, 0.3) is 0 Å². The van der Waals surface area contributed by atoms with Gasteiger partial charge in [0, 0.05) is 24.8 Å².